The lowest BCUT2D eigenvalue weighted by Crippen LogP contribution is -2.17. The van der Waals surface area contributed by atoms with E-state index in [0.717, 1.165) is 16.8 Å². The lowest BCUT2D eigenvalue weighted by molar-refractivity contribution is 0.276. The highest BCUT2D eigenvalue weighted by Gasteiger charge is 2.25. The normalized spacial score (nSPS) is 14.8. The number of aromatic amines is 1. The van der Waals surface area contributed by atoms with Crippen molar-refractivity contribution in [3.63, 3.8) is 0 Å². The molecule has 4 rings (SSSR count). The van der Waals surface area contributed by atoms with Gasteiger partial charge < -0.3 is 15.7 Å². The molecule has 2 heterocycles. The molecule has 1 saturated carbocycles. The number of halogens is 1. The number of aryl methyl sites for hydroxylation is 1. The van der Waals surface area contributed by atoms with Gasteiger partial charge in [0.1, 0.15) is 11.6 Å². The fourth-order valence-corrected chi connectivity index (χ4v) is 2.85. The second kappa shape index (κ2) is 7.32. The number of aliphatic hydroxyl groups is 1. The minimum Gasteiger partial charge on any atom is -0.394 e. The third-order valence-electron chi connectivity index (χ3n) is 4.59. The number of aliphatic hydroxyl groups excluding tert-OH is 1. The van der Waals surface area contributed by atoms with Crippen LogP contribution in [-0.2, 0) is 0 Å². The van der Waals surface area contributed by atoms with Gasteiger partial charge in [0.15, 0.2) is 5.82 Å². The first kappa shape index (κ1) is 17.4. The van der Waals surface area contributed by atoms with Crippen LogP contribution in [0.25, 0.3) is 0 Å². The number of nitrogens with zero attached hydrogens (tertiary/aromatic N) is 3. The molecular formula is C19H21FN6O. The topological polar surface area (TPSA) is 98.8 Å². The van der Waals surface area contributed by atoms with Gasteiger partial charge in [0.25, 0.3) is 0 Å². The number of nitrogens with one attached hydrogen (secondary N) is 3. The minimum absolute atomic E-state index is 0.171. The monoisotopic (exact) mass is 368 g/mol. The van der Waals surface area contributed by atoms with Crippen molar-refractivity contribution in [2.75, 3.05) is 17.2 Å². The van der Waals surface area contributed by atoms with E-state index < -0.39 is 6.04 Å². The summed E-state index contributed by atoms with van der Waals surface area (Å²) < 4.78 is 13.1. The van der Waals surface area contributed by atoms with Crippen molar-refractivity contribution >= 4 is 17.6 Å². The summed E-state index contributed by atoms with van der Waals surface area (Å²) in [6.07, 6.45) is 4.10. The number of hydrogen-bond acceptors (Lipinski definition) is 6. The Morgan fingerprint density at radius 1 is 1.30 bits per heavy atom. The second-order valence-corrected chi connectivity index (χ2v) is 6.76. The zero-order valence-electron chi connectivity index (χ0n) is 14.9. The molecule has 8 heteroatoms. The third kappa shape index (κ3) is 4.06. The minimum atomic E-state index is -0.437. The number of H-pyrrole nitrogens is 1. The number of rotatable bonds is 7. The van der Waals surface area contributed by atoms with Crippen LogP contribution in [0.4, 0.5) is 22.0 Å². The summed E-state index contributed by atoms with van der Waals surface area (Å²) in [7, 11) is 0. The molecule has 1 atom stereocenters. The lowest BCUT2D eigenvalue weighted by atomic mass is 10.1. The zero-order valence-corrected chi connectivity index (χ0v) is 14.9. The maximum Gasteiger partial charge on any atom is 0.225 e. The molecular weight excluding hydrogens is 347 g/mol. The van der Waals surface area contributed by atoms with E-state index >= 15 is 0 Å². The number of aromatic nitrogens is 4. The first-order valence-corrected chi connectivity index (χ1v) is 8.91. The summed E-state index contributed by atoms with van der Waals surface area (Å²) in [6, 6.07) is 7.53. The van der Waals surface area contributed by atoms with Crippen LogP contribution in [0.15, 0.2) is 36.5 Å². The molecule has 27 heavy (non-hydrogen) atoms. The van der Waals surface area contributed by atoms with Gasteiger partial charge in [0, 0.05) is 29.4 Å². The van der Waals surface area contributed by atoms with Crippen LogP contribution < -0.4 is 10.6 Å². The Morgan fingerprint density at radius 3 is 2.78 bits per heavy atom. The van der Waals surface area contributed by atoms with Gasteiger partial charge in [-0.15, -0.1) is 0 Å². The predicted molar refractivity (Wildman–Crippen MR) is 100 cm³/mol. The first-order chi connectivity index (χ1) is 13.1. The Labute approximate surface area is 156 Å². The van der Waals surface area contributed by atoms with Crippen LogP contribution in [0.2, 0.25) is 0 Å². The van der Waals surface area contributed by atoms with Crippen molar-refractivity contribution in [2.45, 2.75) is 31.7 Å². The Kier molecular flexibility index (Phi) is 4.72. The molecule has 0 amide bonds. The Morgan fingerprint density at radius 2 is 2.07 bits per heavy atom. The molecule has 0 spiro atoms. The van der Waals surface area contributed by atoms with E-state index in [1.165, 1.54) is 25.0 Å². The highest BCUT2D eigenvalue weighted by Crippen LogP contribution is 2.39. The van der Waals surface area contributed by atoms with Gasteiger partial charge in [0.2, 0.25) is 5.95 Å². The van der Waals surface area contributed by atoms with Crippen LogP contribution >= 0.6 is 0 Å². The molecule has 7 nitrogen and oxygen atoms in total. The summed E-state index contributed by atoms with van der Waals surface area (Å²) in [6.45, 7) is 1.74. The van der Waals surface area contributed by atoms with Crippen LogP contribution in [0, 0.1) is 12.7 Å². The van der Waals surface area contributed by atoms with Gasteiger partial charge in [-0.1, -0.05) is 12.1 Å². The van der Waals surface area contributed by atoms with E-state index in [4.69, 9.17) is 0 Å². The van der Waals surface area contributed by atoms with E-state index in [-0.39, 0.29) is 12.4 Å². The van der Waals surface area contributed by atoms with Crippen molar-refractivity contribution < 1.29 is 9.50 Å². The largest absolute Gasteiger partial charge is 0.394 e. The third-order valence-corrected chi connectivity index (χ3v) is 4.59. The fourth-order valence-electron chi connectivity index (χ4n) is 2.85. The molecule has 140 valence electrons. The molecule has 1 aromatic carbocycles. The lowest BCUT2D eigenvalue weighted by Gasteiger charge is -2.17. The van der Waals surface area contributed by atoms with Crippen LogP contribution in [0.3, 0.4) is 0 Å². The maximum atomic E-state index is 13.1. The fraction of sp³-hybridized carbons (Fsp3) is 0.316. The Balaban J connectivity index is 1.51. The van der Waals surface area contributed by atoms with Gasteiger partial charge in [-0.2, -0.15) is 10.1 Å². The highest BCUT2D eigenvalue weighted by atomic mass is 19.1. The number of anilines is 3. The van der Waals surface area contributed by atoms with Gasteiger partial charge >= 0.3 is 0 Å². The Bertz CT molecular complexity index is 922. The molecule has 0 radical (unpaired) electrons. The number of benzene rings is 1. The number of hydrogen-bond donors (Lipinski definition) is 4. The summed E-state index contributed by atoms with van der Waals surface area (Å²) in [5.74, 6) is 1.99. The SMILES string of the molecule is Cc1cnc(N[C@@H](CO)c2ccc(F)cc2)nc1Nc1cc(C2CC2)[nH]n1. The smallest absolute Gasteiger partial charge is 0.225 e. The zero-order chi connectivity index (χ0) is 18.8. The van der Waals surface area contributed by atoms with E-state index in [9.17, 15) is 9.50 Å². The summed E-state index contributed by atoms with van der Waals surface area (Å²) in [5, 5.41) is 23.3. The second-order valence-electron chi connectivity index (χ2n) is 6.76. The van der Waals surface area contributed by atoms with Crippen molar-refractivity contribution in [1.82, 2.24) is 20.2 Å². The van der Waals surface area contributed by atoms with Gasteiger partial charge in [0.05, 0.1) is 12.6 Å². The Hall–Kier alpha value is -3.00. The van der Waals surface area contributed by atoms with Gasteiger partial charge in [-0.25, -0.2) is 9.37 Å². The molecule has 3 aromatic rings. The van der Waals surface area contributed by atoms with E-state index in [1.54, 1.807) is 18.3 Å². The average molecular weight is 368 g/mol. The molecule has 2 aromatic heterocycles. The first-order valence-electron chi connectivity index (χ1n) is 8.91. The maximum absolute atomic E-state index is 13.1. The van der Waals surface area contributed by atoms with E-state index in [0.29, 0.717) is 23.5 Å². The van der Waals surface area contributed by atoms with Crippen LogP contribution in [-0.4, -0.2) is 31.9 Å². The molecule has 0 aliphatic heterocycles. The van der Waals surface area contributed by atoms with E-state index in [2.05, 4.69) is 30.8 Å². The highest BCUT2D eigenvalue weighted by molar-refractivity contribution is 5.57. The summed E-state index contributed by atoms with van der Waals surface area (Å²) in [5.41, 5.74) is 2.76. The molecule has 0 unspecified atom stereocenters. The van der Waals surface area contributed by atoms with Crippen LogP contribution in [0.5, 0.6) is 0 Å². The summed E-state index contributed by atoms with van der Waals surface area (Å²) >= 11 is 0. The van der Waals surface area contributed by atoms with Crippen LogP contribution in [0.1, 0.15) is 41.6 Å². The van der Waals surface area contributed by atoms with Gasteiger partial charge in [-0.3, -0.25) is 5.10 Å². The van der Waals surface area contributed by atoms with Crippen molar-refractivity contribution in [1.29, 1.82) is 0 Å². The van der Waals surface area contributed by atoms with Crippen molar-refractivity contribution in [3.05, 3.63) is 59.2 Å². The summed E-state index contributed by atoms with van der Waals surface area (Å²) in [4.78, 5) is 8.77. The standard InChI is InChI=1S/C19H21FN6O/c1-11-9-21-19(22-16(10-27)13-4-6-14(20)7-5-13)24-18(11)23-17-8-15(25-26-17)12-2-3-12/h4-9,12,16,27H,2-3,10H2,1H3,(H3,21,22,23,24,25,26)/t16-/m0/s1. The van der Waals surface area contributed by atoms with Crippen molar-refractivity contribution in [2.24, 2.45) is 0 Å². The molecule has 0 saturated heterocycles. The molecule has 4 N–H and O–H groups in total. The molecule has 0 bridgehead atoms. The molecule has 1 aliphatic rings. The van der Waals surface area contributed by atoms with Crippen molar-refractivity contribution in [3.8, 4) is 0 Å². The average Bonchev–Trinajstić information content (AvgIpc) is 3.42. The quantitative estimate of drug-likeness (QED) is 0.510. The van der Waals surface area contributed by atoms with E-state index in [1.807, 2.05) is 13.0 Å². The van der Waals surface area contributed by atoms with Gasteiger partial charge in [-0.05, 0) is 37.5 Å². The molecule has 1 fully saturated rings. The predicted octanol–water partition coefficient (Wildman–Crippen LogP) is 3.41. The molecule has 1 aliphatic carbocycles.